The van der Waals surface area contributed by atoms with E-state index in [4.69, 9.17) is 10.2 Å². The molecule has 4 heteroatoms. The maximum atomic E-state index is 12.1. The van der Waals surface area contributed by atoms with Crippen molar-refractivity contribution in [3.8, 4) is 0 Å². The Morgan fingerprint density at radius 3 is 2.00 bits per heavy atom. The quantitative estimate of drug-likeness (QED) is 0.352. The lowest BCUT2D eigenvalue weighted by molar-refractivity contribution is -0.206. The molecule has 0 atom stereocenters. The van der Waals surface area contributed by atoms with E-state index < -0.39 is 5.79 Å². The van der Waals surface area contributed by atoms with Gasteiger partial charge in [-0.3, -0.25) is 0 Å². The second kappa shape index (κ2) is 2.21. The Kier molecular flexibility index (Phi) is 1.70. The predicted molar refractivity (Wildman–Crippen MR) is 29.1 cm³/mol. The monoisotopic (exact) mass is 135 g/mol. The van der Waals surface area contributed by atoms with Crippen LogP contribution in [0.15, 0.2) is 0 Å². The molecule has 0 unspecified atom stereocenters. The molecule has 0 aliphatic carbocycles. The molecule has 1 rings (SSSR count). The molecule has 2 N–H and O–H groups in total. The Morgan fingerprint density at radius 2 is 1.67 bits per heavy atom. The van der Waals surface area contributed by atoms with Crippen LogP contribution >= 0.6 is 0 Å². The van der Waals surface area contributed by atoms with Gasteiger partial charge < -0.3 is 10.2 Å². The van der Waals surface area contributed by atoms with E-state index in [1.807, 2.05) is 0 Å². The number of nitrogens with zero attached hydrogens (tertiary/aromatic N) is 1. The molecule has 1 saturated heterocycles. The largest absolute Gasteiger partial charge is 0.366 e. The maximum Gasteiger partial charge on any atom is 0.165 e. The molecule has 0 amide bonds. The topological polar surface area (TPSA) is 43.7 Å². The third-order valence-electron chi connectivity index (χ3n) is 1.51. The van der Waals surface area contributed by atoms with Crippen molar-refractivity contribution >= 4 is 0 Å². The average molecular weight is 135 g/mol. The first-order valence-electron chi connectivity index (χ1n) is 2.96. The highest BCUT2D eigenvalue weighted by Gasteiger charge is 2.29. The van der Waals surface area contributed by atoms with E-state index in [-0.39, 0.29) is 25.9 Å². The van der Waals surface area contributed by atoms with Crippen LogP contribution in [0.4, 0.5) is 4.48 Å². The number of aliphatic hydroxyl groups is 2. The first kappa shape index (κ1) is 6.92. The standard InChI is InChI=1S/C5H10FNO2/c6-7-3-1-5(8,9)2-4-7/h8-9H,1-4H2. The second-order valence-corrected chi connectivity index (χ2v) is 2.39. The van der Waals surface area contributed by atoms with E-state index in [9.17, 15) is 4.48 Å². The zero-order chi connectivity index (χ0) is 6.91. The Balaban J connectivity index is 2.35. The van der Waals surface area contributed by atoms with E-state index in [0.29, 0.717) is 5.12 Å². The lowest BCUT2D eigenvalue weighted by Crippen LogP contribution is -2.40. The molecule has 1 heterocycles. The lowest BCUT2D eigenvalue weighted by atomic mass is 10.1. The number of halogens is 1. The summed E-state index contributed by atoms with van der Waals surface area (Å²) in [6.45, 7) is 0.236. The first-order chi connectivity index (χ1) is 4.10. The molecule has 1 aliphatic rings. The highest BCUT2D eigenvalue weighted by molar-refractivity contribution is 4.71. The number of hydrogen-bond acceptors (Lipinski definition) is 3. The molecule has 3 nitrogen and oxygen atoms in total. The van der Waals surface area contributed by atoms with Crippen molar-refractivity contribution in [1.82, 2.24) is 5.12 Å². The maximum absolute atomic E-state index is 12.1. The van der Waals surface area contributed by atoms with Crippen LogP contribution in [0.3, 0.4) is 0 Å². The first-order valence-corrected chi connectivity index (χ1v) is 2.96. The van der Waals surface area contributed by atoms with Crippen molar-refractivity contribution in [2.24, 2.45) is 0 Å². The van der Waals surface area contributed by atoms with Crippen LogP contribution in [0.1, 0.15) is 12.8 Å². The zero-order valence-corrected chi connectivity index (χ0v) is 5.05. The van der Waals surface area contributed by atoms with E-state index in [0.717, 1.165) is 0 Å². The van der Waals surface area contributed by atoms with E-state index >= 15 is 0 Å². The normalized spacial score (nSPS) is 28.3. The van der Waals surface area contributed by atoms with Crippen molar-refractivity contribution in [2.45, 2.75) is 18.6 Å². The molecular formula is C5H10FNO2. The summed E-state index contributed by atoms with van der Waals surface area (Å²) in [5.74, 6) is -1.62. The molecule has 0 saturated carbocycles. The van der Waals surface area contributed by atoms with Gasteiger partial charge in [-0.1, -0.05) is 0 Å². The molecular weight excluding hydrogens is 125 g/mol. The van der Waals surface area contributed by atoms with Gasteiger partial charge in [-0.2, -0.15) is 0 Å². The number of piperidine rings is 1. The van der Waals surface area contributed by atoms with Gasteiger partial charge in [0.05, 0.1) is 0 Å². The van der Waals surface area contributed by atoms with Gasteiger partial charge in [0.1, 0.15) is 0 Å². The summed E-state index contributed by atoms with van der Waals surface area (Å²) >= 11 is 0. The summed E-state index contributed by atoms with van der Waals surface area (Å²) in [5, 5.41) is 18.3. The molecule has 1 fully saturated rings. The van der Waals surface area contributed by atoms with E-state index in [1.165, 1.54) is 0 Å². The van der Waals surface area contributed by atoms with Crippen LogP contribution < -0.4 is 0 Å². The van der Waals surface area contributed by atoms with E-state index in [2.05, 4.69) is 0 Å². The van der Waals surface area contributed by atoms with Crippen LogP contribution in [0.25, 0.3) is 0 Å². The predicted octanol–water partition coefficient (Wildman–Crippen LogP) is -0.352. The number of hydrogen-bond donors (Lipinski definition) is 2. The van der Waals surface area contributed by atoms with Crippen LogP contribution in [-0.2, 0) is 0 Å². The summed E-state index contributed by atoms with van der Waals surface area (Å²) in [6.07, 6.45) is 0.201. The molecule has 0 aromatic carbocycles. The Hall–Kier alpha value is -0.190. The minimum atomic E-state index is -1.62. The van der Waals surface area contributed by atoms with Crippen molar-refractivity contribution in [2.75, 3.05) is 13.1 Å². The fourth-order valence-corrected chi connectivity index (χ4v) is 0.838. The Bertz CT molecular complexity index is 97.1. The van der Waals surface area contributed by atoms with Gasteiger partial charge in [0.25, 0.3) is 0 Å². The van der Waals surface area contributed by atoms with Gasteiger partial charge in [0.2, 0.25) is 0 Å². The SMILES string of the molecule is OC1(O)CCN(F)CC1. The fraction of sp³-hybridized carbons (Fsp3) is 1.00. The Morgan fingerprint density at radius 1 is 1.22 bits per heavy atom. The minimum Gasteiger partial charge on any atom is -0.366 e. The van der Waals surface area contributed by atoms with Crippen LogP contribution in [-0.4, -0.2) is 34.2 Å². The summed E-state index contributed by atoms with van der Waals surface area (Å²) < 4.78 is 12.1. The number of rotatable bonds is 0. The van der Waals surface area contributed by atoms with Crippen molar-refractivity contribution < 1.29 is 14.7 Å². The third-order valence-corrected chi connectivity index (χ3v) is 1.51. The lowest BCUT2D eigenvalue weighted by Gasteiger charge is -2.29. The molecule has 0 spiro atoms. The summed E-state index contributed by atoms with van der Waals surface area (Å²) in [7, 11) is 0. The molecule has 1 aliphatic heterocycles. The van der Waals surface area contributed by atoms with Gasteiger partial charge in [0.15, 0.2) is 5.79 Å². The van der Waals surface area contributed by atoms with Gasteiger partial charge >= 0.3 is 0 Å². The highest BCUT2D eigenvalue weighted by Crippen LogP contribution is 2.18. The molecule has 0 bridgehead atoms. The molecule has 0 aromatic rings. The smallest absolute Gasteiger partial charge is 0.165 e. The summed E-state index contributed by atoms with van der Waals surface area (Å²) in [4.78, 5) is 0. The average Bonchev–Trinajstić information content (AvgIpc) is 1.78. The Labute approximate surface area is 52.6 Å². The van der Waals surface area contributed by atoms with Gasteiger partial charge in [-0.25, -0.2) is 0 Å². The van der Waals surface area contributed by atoms with Gasteiger partial charge in [-0.15, -0.1) is 9.60 Å². The second-order valence-electron chi connectivity index (χ2n) is 2.39. The summed E-state index contributed by atoms with van der Waals surface area (Å²) in [5.41, 5.74) is 0. The summed E-state index contributed by atoms with van der Waals surface area (Å²) in [6, 6.07) is 0. The van der Waals surface area contributed by atoms with Crippen molar-refractivity contribution in [1.29, 1.82) is 0 Å². The highest BCUT2D eigenvalue weighted by atomic mass is 19.2. The zero-order valence-electron chi connectivity index (χ0n) is 5.05. The van der Waals surface area contributed by atoms with Crippen LogP contribution in [0.2, 0.25) is 0 Å². The van der Waals surface area contributed by atoms with Crippen molar-refractivity contribution in [3.63, 3.8) is 0 Å². The van der Waals surface area contributed by atoms with Crippen LogP contribution in [0.5, 0.6) is 0 Å². The van der Waals surface area contributed by atoms with Gasteiger partial charge in [-0.05, 0) is 0 Å². The molecule has 9 heavy (non-hydrogen) atoms. The van der Waals surface area contributed by atoms with Crippen LogP contribution in [0, 0.1) is 0 Å². The minimum absolute atomic E-state index is 0.101. The molecule has 0 radical (unpaired) electrons. The fourth-order valence-electron chi connectivity index (χ4n) is 0.838. The van der Waals surface area contributed by atoms with Crippen molar-refractivity contribution in [3.05, 3.63) is 0 Å². The molecule has 0 aromatic heterocycles. The molecule has 54 valence electrons. The van der Waals surface area contributed by atoms with E-state index in [1.54, 1.807) is 0 Å². The third kappa shape index (κ3) is 1.89. The van der Waals surface area contributed by atoms with Gasteiger partial charge in [0, 0.05) is 25.9 Å².